The number of benzene rings is 3. The molecule has 1 aromatic heterocycles. The summed E-state index contributed by atoms with van der Waals surface area (Å²) in [5.74, 6) is 2.21. The molecule has 1 amide bonds. The van der Waals surface area contributed by atoms with E-state index in [1.54, 1.807) is 31.4 Å². The first-order valence-corrected chi connectivity index (χ1v) is 15.3. The van der Waals surface area contributed by atoms with Crippen LogP contribution >= 0.6 is 0 Å². The Bertz CT molecular complexity index is 1590. The number of aryl methyl sites for hydroxylation is 1. The van der Waals surface area contributed by atoms with E-state index in [2.05, 4.69) is 20.5 Å². The van der Waals surface area contributed by atoms with Gasteiger partial charge in [-0.05, 0) is 93.7 Å². The fourth-order valence-electron chi connectivity index (χ4n) is 5.26. The molecule has 1 fully saturated rings. The van der Waals surface area contributed by atoms with Gasteiger partial charge in [-0.2, -0.15) is 4.98 Å². The monoisotopic (exact) mass is 611 g/mol. The summed E-state index contributed by atoms with van der Waals surface area (Å²) in [6.45, 7) is 8.22. The van der Waals surface area contributed by atoms with Crippen LogP contribution in [0.4, 0.5) is 22.1 Å². The maximum atomic E-state index is 13.0. The molecule has 0 saturated carbocycles. The first-order valence-electron chi connectivity index (χ1n) is 15.3. The summed E-state index contributed by atoms with van der Waals surface area (Å²) < 4.78 is 22.3. The number of nitrogens with zero attached hydrogens (tertiary/aromatic N) is 3. The second-order valence-electron chi connectivity index (χ2n) is 11.0. The largest absolute Gasteiger partial charge is 0.497 e. The standard InChI is InChI=1S/C35H41N5O5/c1-24-10-8-11-29(25(24)2)31-23-33(45-35(41)38-30-17-16-28(42-3)22-32(30)43-4)39-34(37-31)36-26-12-14-27(15-13-26)44-21-9-20-40-18-6-5-7-19-40/h8,10-17,22-23H,5-7,9,18-21H2,1-4H3,(H,38,41)(H,36,37,39). The van der Waals surface area contributed by atoms with E-state index in [4.69, 9.17) is 23.9 Å². The van der Waals surface area contributed by atoms with Crippen molar-refractivity contribution in [2.24, 2.45) is 0 Å². The summed E-state index contributed by atoms with van der Waals surface area (Å²) in [7, 11) is 3.07. The van der Waals surface area contributed by atoms with Gasteiger partial charge in [0.25, 0.3) is 0 Å². The number of nitrogens with one attached hydrogen (secondary N) is 2. The minimum Gasteiger partial charge on any atom is -0.497 e. The number of amides is 1. The maximum Gasteiger partial charge on any atom is 0.418 e. The Morgan fingerprint density at radius 3 is 2.42 bits per heavy atom. The number of likely N-dealkylation sites (tertiary alicyclic amines) is 1. The molecule has 0 spiro atoms. The molecule has 10 nitrogen and oxygen atoms in total. The first-order chi connectivity index (χ1) is 21.9. The molecule has 0 unspecified atom stereocenters. The van der Waals surface area contributed by atoms with Crippen LogP contribution in [0.3, 0.4) is 0 Å². The predicted octanol–water partition coefficient (Wildman–Crippen LogP) is 7.39. The number of carbonyl (C=O) groups is 1. The number of hydrogen-bond acceptors (Lipinski definition) is 9. The number of ether oxygens (including phenoxy) is 4. The van der Waals surface area contributed by atoms with Crippen LogP contribution in [0.2, 0.25) is 0 Å². The molecule has 4 aromatic rings. The van der Waals surface area contributed by atoms with E-state index in [-0.39, 0.29) is 11.8 Å². The highest BCUT2D eigenvalue weighted by molar-refractivity contribution is 5.88. The van der Waals surface area contributed by atoms with Crippen LogP contribution in [-0.2, 0) is 0 Å². The van der Waals surface area contributed by atoms with Gasteiger partial charge in [-0.15, -0.1) is 0 Å². The van der Waals surface area contributed by atoms with Crippen molar-refractivity contribution in [3.63, 3.8) is 0 Å². The summed E-state index contributed by atoms with van der Waals surface area (Å²) in [6.07, 6.45) is 4.22. The molecule has 1 aliphatic heterocycles. The fourth-order valence-corrected chi connectivity index (χ4v) is 5.26. The molecule has 1 aliphatic rings. The van der Waals surface area contributed by atoms with Gasteiger partial charge >= 0.3 is 6.09 Å². The van der Waals surface area contributed by atoms with E-state index in [1.807, 2.05) is 56.3 Å². The Balaban J connectivity index is 1.29. The molecule has 2 heterocycles. The topological polar surface area (TPSA) is 107 Å². The maximum absolute atomic E-state index is 13.0. The molecule has 0 radical (unpaired) electrons. The van der Waals surface area contributed by atoms with Crippen LogP contribution in [-0.4, -0.2) is 61.4 Å². The van der Waals surface area contributed by atoms with Crippen LogP contribution in [0.25, 0.3) is 11.3 Å². The molecule has 3 aromatic carbocycles. The zero-order valence-electron chi connectivity index (χ0n) is 26.4. The van der Waals surface area contributed by atoms with Crippen LogP contribution in [0, 0.1) is 13.8 Å². The van der Waals surface area contributed by atoms with Crippen LogP contribution < -0.4 is 29.6 Å². The van der Waals surface area contributed by atoms with Crippen LogP contribution in [0.1, 0.15) is 36.8 Å². The number of carbonyl (C=O) groups excluding carboxylic acids is 1. The number of hydrogen-bond donors (Lipinski definition) is 2. The lowest BCUT2D eigenvalue weighted by Crippen LogP contribution is -2.31. The Morgan fingerprint density at radius 2 is 1.67 bits per heavy atom. The molecule has 5 rings (SSSR count). The lowest BCUT2D eigenvalue weighted by molar-refractivity contribution is 0.205. The average Bonchev–Trinajstić information content (AvgIpc) is 3.05. The van der Waals surface area contributed by atoms with Gasteiger partial charge in [-0.3, -0.25) is 5.32 Å². The minimum absolute atomic E-state index is 0.0852. The van der Waals surface area contributed by atoms with Crippen molar-refractivity contribution >= 4 is 23.4 Å². The summed E-state index contributed by atoms with van der Waals surface area (Å²) in [5.41, 5.74) is 4.93. The molecular weight excluding hydrogens is 570 g/mol. The van der Waals surface area contributed by atoms with Gasteiger partial charge in [0.05, 0.1) is 32.2 Å². The lowest BCUT2D eigenvalue weighted by Gasteiger charge is -2.26. The average molecular weight is 612 g/mol. The summed E-state index contributed by atoms with van der Waals surface area (Å²) in [4.78, 5) is 24.7. The first kappa shape index (κ1) is 31.6. The minimum atomic E-state index is -0.725. The predicted molar refractivity (Wildman–Crippen MR) is 176 cm³/mol. The SMILES string of the molecule is COc1ccc(NC(=O)Oc2cc(-c3cccc(C)c3C)nc(Nc3ccc(OCCCN4CCCCC4)cc3)n2)c(OC)c1. The zero-order valence-corrected chi connectivity index (χ0v) is 26.4. The van der Waals surface area contributed by atoms with Crippen LogP contribution in [0.5, 0.6) is 23.1 Å². The molecular formula is C35H41N5O5. The van der Waals surface area contributed by atoms with E-state index >= 15 is 0 Å². The lowest BCUT2D eigenvalue weighted by atomic mass is 10.0. The summed E-state index contributed by atoms with van der Waals surface area (Å²) >= 11 is 0. The van der Waals surface area contributed by atoms with Gasteiger partial charge in [-0.1, -0.05) is 24.6 Å². The Hall–Kier alpha value is -4.83. The van der Waals surface area contributed by atoms with Crippen molar-refractivity contribution in [3.05, 3.63) is 77.9 Å². The quantitative estimate of drug-likeness (QED) is 0.159. The van der Waals surface area contributed by atoms with E-state index in [0.717, 1.165) is 41.1 Å². The third kappa shape index (κ3) is 8.63. The van der Waals surface area contributed by atoms with Crippen LogP contribution in [0.15, 0.2) is 66.7 Å². The molecule has 236 valence electrons. The van der Waals surface area contributed by atoms with Gasteiger partial charge in [0.1, 0.15) is 17.2 Å². The van der Waals surface area contributed by atoms with Crippen molar-refractivity contribution in [3.8, 4) is 34.4 Å². The fraction of sp³-hybridized carbons (Fsp3) is 0.343. The second-order valence-corrected chi connectivity index (χ2v) is 11.0. The highest BCUT2D eigenvalue weighted by Crippen LogP contribution is 2.31. The van der Waals surface area contributed by atoms with Gasteiger partial charge in [0.15, 0.2) is 0 Å². The van der Waals surface area contributed by atoms with Crippen molar-refractivity contribution in [2.45, 2.75) is 39.5 Å². The molecule has 0 aliphatic carbocycles. The van der Waals surface area contributed by atoms with Gasteiger partial charge in [0.2, 0.25) is 11.8 Å². The molecule has 0 atom stereocenters. The number of methoxy groups -OCH3 is 2. The van der Waals surface area contributed by atoms with Gasteiger partial charge in [-0.25, -0.2) is 9.78 Å². The van der Waals surface area contributed by atoms with E-state index in [9.17, 15) is 4.79 Å². The van der Waals surface area contributed by atoms with E-state index in [0.29, 0.717) is 29.5 Å². The second kappa shape index (κ2) is 15.3. The highest BCUT2D eigenvalue weighted by atomic mass is 16.6. The number of anilines is 3. The third-order valence-electron chi connectivity index (χ3n) is 7.87. The van der Waals surface area contributed by atoms with Gasteiger partial charge < -0.3 is 29.2 Å². The van der Waals surface area contributed by atoms with Crippen molar-refractivity contribution in [2.75, 3.05) is 51.1 Å². The summed E-state index contributed by atoms with van der Waals surface area (Å²) in [5, 5.41) is 5.97. The summed E-state index contributed by atoms with van der Waals surface area (Å²) in [6, 6.07) is 20.4. The number of aromatic nitrogens is 2. The number of piperidine rings is 1. The van der Waals surface area contributed by atoms with E-state index < -0.39 is 6.09 Å². The molecule has 45 heavy (non-hydrogen) atoms. The van der Waals surface area contributed by atoms with Crippen molar-refractivity contribution < 1.29 is 23.7 Å². The smallest absolute Gasteiger partial charge is 0.418 e. The van der Waals surface area contributed by atoms with Crippen molar-refractivity contribution in [1.82, 2.24) is 14.9 Å². The number of rotatable bonds is 12. The Kier molecular flexibility index (Phi) is 10.7. The highest BCUT2D eigenvalue weighted by Gasteiger charge is 2.16. The molecule has 10 heteroatoms. The molecule has 2 N–H and O–H groups in total. The Morgan fingerprint density at radius 1 is 0.889 bits per heavy atom. The third-order valence-corrected chi connectivity index (χ3v) is 7.87. The Labute approximate surface area is 264 Å². The van der Waals surface area contributed by atoms with Gasteiger partial charge in [0, 0.05) is 29.9 Å². The molecule has 0 bridgehead atoms. The molecule has 1 saturated heterocycles. The zero-order chi connectivity index (χ0) is 31.6. The normalized spacial score (nSPS) is 13.2. The van der Waals surface area contributed by atoms with Crippen molar-refractivity contribution in [1.29, 1.82) is 0 Å². The van der Waals surface area contributed by atoms with E-state index in [1.165, 1.54) is 39.5 Å².